The van der Waals surface area contributed by atoms with Gasteiger partial charge >= 0.3 is 0 Å². The first kappa shape index (κ1) is 15.7. The van der Waals surface area contributed by atoms with E-state index in [4.69, 9.17) is 5.73 Å². The number of nitrogens with one attached hydrogen (secondary N) is 1. The maximum atomic E-state index is 12.3. The molecule has 1 aliphatic heterocycles. The van der Waals surface area contributed by atoms with E-state index in [1.54, 1.807) is 6.07 Å². The van der Waals surface area contributed by atoms with Gasteiger partial charge in [0.15, 0.2) is 0 Å². The van der Waals surface area contributed by atoms with Crippen molar-refractivity contribution in [3.05, 3.63) is 23.4 Å². The second-order valence-electron chi connectivity index (χ2n) is 5.73. The summed E-state index contributed by atoms with van der Waals surface area (Å²) in [5.41, 5.74) is 7.18. The Balaban J connectivity index is 1.96. The molecule has 1 fully saturated rings. The largest absolute Gasteiger partial charge is 0.384 e. The van der Waals surface area contributed by atoms with Crippen molar-refractivity contribution in [1.29, 1.82) is 0 Å². The normalized spacial score (nSPS) is 20.4. The molecule has 1 atom stereocenters. The number of anilines is 1. The average molecular weight is 291 g/mol. The fraction of sp³-hybridized carbons (Fsp3) is 0.600. The fourth-order valence-electron chi connectivity index (χ4n) is 2.56. The van der Waals surface area contributed by atoms with Crippen molar-refractivity contribution >= 4 is 11.7 Å². The second-order valence-corrected chi connectivity index (χ2v) is 5.73. The molecule has 1 aliphatic rings. The Labute approximate surface area is 126 Å². The number of aromatic nitrogens is 1. The second kappa shape index (κ2) is 6.87. The molecule has 1 amide bonds. The van der Waals surface area contributed by atoms with Crippen molar-refractivity contribution in [3.63, 3.8) is 0 Å². The summed E-state index contributed by atoms with van der Waals surface area (Å²) in [5.74, 6) is 0.314. The smallest absolute Gasteiger partial charge is 0.251 e. The van der Waals surface area contributed by atoms with Gasteiger partial charge in [0.05, 0.1) is 0 Å². The lowest BCUT2D eigenvalue weighted by Crippen LogP contribution is -2.54. The number of nitrogens with two attached hydrogens (primary N) is 1. The number of pyridine rings is 1. The molecule has 0 aliphatic carbocycles. The topological polar surface area (TPSA) is 74.5 Å². The predicted molar refractivity (Wildman–Crippen MR) is 84.3 cm³/mol. The molecule has 1 saturated heterocycles. The summed E-state index contributed by atoms with van der Waals surface area (Å²) in [6.45, 7) is 5.70. The molecule has 0 spiro atoms. The van der Waals surface area contributed by atoms with Crippen LogP contribution in [0, 0.1) is 0 Å². The number of likely N-dealkylation sites (N-methyl/N-ethyl adjacent to an activating group) is 2. The van der Waals surface area contributed by atoms with Gasteiger partial charge in [-0.05, 0) is 32.6 Å². The number of aryl methyl sites for hydroxylation is 1. The molecule has 1 aromatic rings. The van der Waals surface area contributed by atoms with E-state index in [1.807, 2.05) is 13.0 Å². The van der Waals surface area contributed by atoms with Crippen LogP contribution >= 0.6 is 0 Å². The summed E-state index contributed by atoms with van der Waals surface area (Å²) >= 11 is 0. The van der Waals surface area contributed by atoms with Gasteiger partial charge in [0, 0.05) is 43.5 Å². The fourth-order valence-corrected chi connectivity index (χ4v) is 2.56. The molecule has 116 valence electrons. The number of hydrogen-bond acceptors (Lipinski definition) is 5. The van der Waals surface area contributed by atoms with Crippen molar-refractivity contribution in [2.75, 3.05) is 46.0 Å². The van der Waals surface area contributed by atoms with E-state index in [2.05, 4.69) is 34.2 Å². The van der Waals surface area contributed by atoms with Crippen molar-refractivity contribution in [3.8, 4) is 0 Å². The van der Waals surface area contributed by atoms with Gasteiger partial charge in [0.25, 0.3) is 5.91 Å². The zero-order chi connectivity index (χ0) is 15.4. The van der Waals surface area contributed by atoms with Gasteiger partial charge in [-0.3, -0.25) is 9.69 Å². The van der Waals surface area contributed by atoms with Crippen LogP contribution in [0.15, 0.2) is 12.1 Å². The van der Waals surface area contributed by atoms with Crippen LogP contribution in [0.1, 0.15) is 23.0 Å². The number of rotatable bonds is 4. The van der Waals surface area contributed by atoms with Crippen LogP contribution < -0.4 is 11.1 Å². The summed E-state index contributed by atoms with van der Waals surface area (Å²) < 4.78 is 0. The number of carbonyl (C=O) groups is 1. The van der Waals surface area contributed by atoms with E-state index < -0.39 is 0 Å². The molecule has 0 radical (unpaired) electrons. The lowest BCUT2D eigenvalue weighted by Gasteiger charge is -2.37. The van der Waals surface area contributed by atoms with Crippen molar-refractivity contribution in [2.24, 2.45) is 0 Å². The highest BCUT2D eigenvalue weighted by atomic mass is 16.1. The third-order valence-electron chi connectivity index (χ3n) is 4.00. The SMILES string of the molecule is CCc1cc(C(=O)NCC2CN(C)CCN2C)cc(N)n1. The van der Waals surface area contributed by atoms with Crippen molar-refractivity contribution in [2.45, 2.75) is 19.4 Å². The van der Waals surface area contributed by atoms with Crippen molar-refractivity contribution in [1.82, 2.24) is 20.1 Å². The van der Waals surface area contributed by atoms with Gasteiger partial charge in [-0.1, -0.05) is 6.92 Å². The van der Waals surface area contributed by atoms with Gasteiger partial charge in [-0.25, -0.2) is 4.98 Å². The van der Waals surface area contributed by atoms with E-state index in [1.165, 1.54) is 0 Å². The standard InChI is InChI=1S/C15H25N5O/c1-4-12-7-11(8-14(16)18-12)15(21)17-9-13-10-19(2)5-6-20(13)3/h7-8,13H,4-6,9-10H2,1-3H3,(H2,16,18)(H,17,21). The molecule has 6 heteroatoms. The molecule has 1 unspecified atom stereocenters. The van der Waals surface area contributed by atoms with Gasteiger partial charge in [0.1, 0.15) is 5.82 Å². The Morgan fingerprint density at radius 3 is 2.90 bits per heavy atom. The van der Waals surface area contributed by atoms with E-state index in [-0.39, 0.29) is 5.91 Å². The number of nitrogens with zero attached hydrogens (tertiary/aromatic N) is 3. The zero-order valence-corrected chi connectivity index (χ0v) is 13.1. The lowest BCUT2D eigenvalue weighted by molar-refractivity contribution is 0.0881. The number of piperazine rings is 1. The number of hydrogen-bond donors (Lipinski definition) is 2. The molecule has 21 heavy (non-hydrogen) atoms. The van der Waals surface area contributed by atoms with E-state index in [0.29, 0.717) is 24.0 Å². The van der Waals surface area contributed by atoms with Crippen LogP contribution in [0.3, 0.4) is 0 Å². The molecule has 0 aromatic carbocycles. The van der Waals surface area contributed by atoms with Gasteiger partial charge < -0.3 is 16.0 Å². The van der Waals surface area contributed by atoms with Crippen LogP contribution in [-0.4, -0.2) is 67.0 Å². The highest BCUT2D eigenvalue weighted by molar-refractivity contribution is 5.94. The highest BCUT2D eigenvalue weighted by Gasteiger charge is 2.22. The van der Waals surface area contributed by atoms with Crippen LogP contribution in [0.4, 0.5) is 5.82 Å². The van der Waals surface area contributed by atoms with Gasteiger partial charge in [-0.15, -0.1) is 0 Å². The Hall–Kier alpha value is -1.66. The summed E-state index contributed by atoms with van der Waals surface area (Å²) in [5, 5.41) is 3.01. The monoisotopic (exact) mass is 291 g/mol. The van der Waals surface area contributed by atoms with E-state index >= 15 is 0 Å². The molecule has 0 bridgehead atoms. The molecule has 3 N–H and O–H groups in total. The minimum atomic E-state index is -0.0829. The number of amides is 1. The molecule has 0 saturated carbocycles. The average Bonchev–Trinajstić information content (AvgIpc) is 2.47. The lowest BCUT2D eigenvalue weighted by atomic mass is 10.1. The molecule has 2 heterocycles. The van der Waals surface area contributed by atoms with Crippen LogP contribution in [0.2, 0.25) is 0 Å². The zero-order valence-electron chi connectivity index (χ0n) is 13.1. The Kier molecular flexibility index (Phi) is 5.14. The maximum Gasteiger partial charge on any atom is 0.251 e. The molecule has 1 aromatic heterocycles. The first-order valence-corrected chi connectivity index (χ1v) is 7.43. The Bertz CT molecular complexity index is 505. The quantitative estimate of drug-likeness (QED) is 0.829. The molecular formula is C15H25N5O. The summed E-state index contributed by atoms with van der Waals surface area (Å²) in [6.07, 6.45) is 0.765. The van der Waals surface area contributed by atoms with Crippen LogP contribution in [-0.2, 0) is 6.42 Å². The predicted octanol–water partition coefficient (Wildman–Crippen LogP) is 0.202. The third kappa shape index (κ3) is 4.15. The maximum absolute atomic E-state index is 12.3. The Morgan fingerprint density at radius 2 is 2.19 bits per heavy atom. The van der Waals surface area contributed by atoms with E-state index in [0.717, 1.165) is 31.7 Å². The minimum Gasteiger partial charge on any atom is -0.384 e. The highest BCUT2D eigenvalue weighted by Crippen LogP contribution is 2.09. The first-order chi connectivity index (χ1) is 9.99. The Morgan fingerprint density at radius 1 is 1.43 bits per heavy atom. The third-order valence-corrected chi connectivity index (χ3v) is 4.00. The molecule has 6 nitrogen and oxygen atoms in total. The van der Waals surface area contributed by atoms with E-state index in [9.17, 15) is 4.79 Å². The van der Waals surface area contributed by atoms with Gasteiger partial charge in [0.2, 0.25) is 0 Å². The molecule has 2 rings (SSSR count). The van der Waals surface area contributed by atoms with Crippen LogP contribution in [0.25, 0.3) is 0 Å². The number of nitrogen functional groups attached to an aromatic ring is 1. The van der Waals surface area contributed by atoms with Crippen LogP contribution in [0.5, 0.6) is 0 Å². The van der Waals surface area contributed by atoms with Gasteiger partial charge in [-0.2, -0.15) is 0 Å². The summed E-state index contributed by atoms with van der Waals surface area (Å²) in [7, 11) is 4.21. The summed E-state index contributed by atoms with van der Waals surface area (Å²) in [4.78, 5) is 21.0. The molecular weight excluding hydrogens is 266 g/mol. The first-order valence-electron chi connectivity index (χ1n) is 7.43. The summed E-state index contributed by atoms with van der Waals surface area (Å²) in [6, 6.07) is 3.78. The minimum absolute atomic E-state index is 0.0829. The number of carbonyl (C=O) groups excluding carboxylic acids is 1. The van der Waals surface area contributed by atoms with Crippen molar-refractivity contribution < 1.29 is 4.79 Å².